The molecule has 0 spiro atoms. The molecule has 1 N–H and O–H groups in total. The Hall–Kier alpha value is -1.91. The summed E-state index contributed by atoms with van der Waals surface area (Å²) in [6, 6.07) is 12.3. The van der Waals surface area contributed by atoms with E-state index in [4.69, 9.17) is 11.6 Å². The molecule has 0 fully saturated rings. The maximum atomic E-state index is 5.82. The van der Waals surface area contributed by atoms with Crippen LogP contribution in [0.25, 0.3) is 11.3 Å². The van der Waals surface area contributed by atoms with Gasteiger partial charge in [0.15, 0.2) is 4.47 Å². The second-order valence-corrected chi connectivity index (χ2v) is 6.43. The molecular formula is C16H14ClN3S. The zero-order chi connectivity index (χ0) is 14.7. The Morgan fingerprint density at radius 2 is 1.95 bits per heavy atom. The number of hydrogen-bond donors (Lipinski definition) is 1. The summed E-state index contributed by atoms with van der Waals surface area (Å²) >= 11 is 7.31. The number of anilines is 1. The van der Waals surface area contributed by atoms with Gasteiger partial charge in [-0.15, -0.1) is 11.3 Å². The van der Waals surface area contributed by atoms with Crippen molar-refractivity contribution in [2.45, 2.75) is 13.5 Å². The predicted molar refractivity (Wildman–Crippen MR) is 88.9 cm³/mol. The number of hydrogen-bond acceptors (Lipinski definition) is 4. The molecule has 3 aromatic rings. The molecule has 0 saturated heterocycles. The first-order valence-corrected chi connectivity index (χ1v) is 7.77. The quantitative estimate of drug-likeness (QED) is 0.753. The van der Waals surface area contributed by atoms with Crippen molar-refractivity contribution in [1.29, 1.82) is 0 Å². The molecule has 0 amide bonds. The van der Waals surface area contributed by atoms with Crippen LogP contribution in [0.15, 0.2) is 48.8 Å². The molecule has 0 aliphatic rings. The molecule has 0 aliphatic heterocycles. The second-order valence-electron chi connectivity index (χ2n) is 4.73. The zero-order valence-corrected chi connectivity index (χ0v) is 13.1. The van der Waals surface area contributed by atoms with E-state index in [1.165, 1.54) is 16.9 Å². The fourth-order valence-corrected chi connectivity index (χ4v) is 2.93. The molecule has 106 valence electrons. The number of nitrogens with zero attached hydrogens (tertiary/aromatic N) is 2. The average Bonchev–Trinajstić information content (AvgIpc) is 2.91. The minimum absolute atomic E-state index is 0.577. The fraction of sp³-hybridized carbons (Fsp3) is 0.125. The normalized spacial score (nSPS) is 10.6. The van der Waals surface area contributed by atoms with Crippen LogP contribution in [0, 0.1) is 6.92 Å². The number of pyridine rings is 1. The van der Waals surface area contributed by atoms with Gasteiger partial charge in [-0.2, -0.15) is 0 Å². The van der Waals surface area contributed by atoms with Crippen molar-refractivity contribution in [1.82, 2.24) is 9.97 Å². The van der Waals surface area contributed by atoms with Gasteiger partial charge in [-0.3, -0.25) is 4.98 Å². The first-order valence-electron chi connectivity index (χ1n) is 6.58. The van der Waals surface area contributed by atoms with Gasteiger partial charge in [-0.1, -0.05) is 23.7 Å². The smallest absolute Gasteiger partial charge is 0.183 e. The largest absolute Gasteiger partial charge is 0.380 e. The molecule has 2 aromatic heterocycles. The summed E-state index contributed by atoms with van der Waals surface area (Å²) in [5.74, 6) is 0. The zero-order valence-electron chi connectivity index (χ0n) is 11.5. The summed E-state index contributed by atoms with van der Waals surface area (Å²) in [6.07, 6.45) is 3.63. The Labute approximate surface area is 132 Å². The van der Waals surface area contributed by atoms with Gasteiger partial charge in [0.2, 0.25) is 0 Å². The minimum Gasteiger partial charge on any atom is -0.380 e. The molecule has 0 atom stereocenters. The van der Waals surface area contributed by atoms with Crippen LogP contribution in [0.1, 0.15) is 10.4 Å². The maximum Gasteiger partial charge on any atom is 0.183 e. The van der Waals surface area contributed by atoms with E-state index in [-0.39, 0.29) is 0 Å². The molecule has 0 unspecified atom stereocenters. The van der Waals surface area contributed by atoms with Gasteiger partial charge in [0.25, 0.3) is 0 Å². The first kappa shape index (κ1) is 14.0. The number of aryl methyl sites for hydroxylation is 1. The molecule has 3 nitrogen and oxygen atoms in total. The summed E-state index contributed by atoms with van der Waals surface area (Å²) in [5.41, 5.74) is 4.39. The van der Waals surface area contributed by atoms with Crippen molar-refractivity contribution in [3.05, 3.63) is 63.7 Å². The lowest BCUT2D eigenvalue weighted by atomic mass is 10.1. The minimum atomic E-state index is 0.577. The van der Waals surface area contributed by atoms with E-state index >= 15 is 0 Å². The van der Waals surface area contributed by atoms with Crippen LogP contribution >= 0.6 is 22.9 Å². The highest BCUT2D eigenvalue weighted by molar-refractivity contribution is 7.15. The number of nitrogens with one attached hydrogen (secondary N) is 1. The van der Waals surface area contributed by atoms with Crippen LogP contribution in [0.5, 0.6) is 0 Å². The third-order valence-electron chi connectivity index (χ3n) is 3.09. The summed E-state index contributed by atoms with van der Waals surface area (Å²) < 4.78 is 0.577. The highest BCUT2D eigenvalue weighted by Crippen LogP contribution is 2.22. The summed E-state index contributed by atoms with van der Waals surface area (Å²) in [6.45, 7) is 2.80. The molecule has 21 heavy (non-hydrogen) atoms. The SMILES string of the molecule is Cc1ccnc(-c2ccc(NCc3cnc(Cl)s3)cc2)c1. The second kappa shape index (κ2) is 6.24. The van der Waals surface area contributed by atoms with E-state index in [0.717, 1.165) is 28.4 Å². The Kier molecular flexibility index (Phi) is 4.18. The van der Waals surface area contributed by atoms with Gasteiger partial charge in [-0.25, -0.2) is 4.98 Å². The van der Waals surface area contributed by atoms with Gasteiger partial charge < -0.3 is 5.32 Å². The van der Waals surface area contributed by atoms with Crippen LogP contribution in [0.2, 0.25) is 4.47 Å². The molecule has 0 saturated carbocycles. The van der Waals surface area contributed by atoms with E-state index in [2.05, 4.69) is 52.5 Å². The van der Waals surface area contributed by atoms with Crippen LogP contribution in [-0.2, 0) is 6.54 Å². The molecular weight excluding hydrogens is 302 g/mol. The number of halogens is 1. The van der Waals surface area contributed by atoms with E-state index in [0.29, 0.717) is 4.47 Å². The van der Waals surface area contributed by atoms with Crippen LogP contribution in [-0.4, -0.2) is 9.97 Å². The number of rotatable bonds is 4. The lowest BCUT2D eigenvalue weighted by Gasteiger charge is -2.06. The Bertz CT molecular complexity index is 737. The highest BCUT2D eigenvalue weighted by atomic mass is 35.5. The summed E-state index contributed by atoms with van der Waals surface area (Å²) in [4.78, 5) is 9.54. The molecule has 3 rings (SSSR count). The Morgan fingerprint density at radius 3 is 2.62 bits per heavy atom. The summed E-state index contributed by atoms with van der Waals surface area (Å²) in [5, 5.41) is 3.36. The highest BCUT2D eigenvalue weighted by Gasteiger charge is 2.02. The van der Waals surface area contributed by atoms with Crippen molar-refractivity contribution >= 4 is 28.6 Å². The van der Waals surface area contributed by atoms with Crippen LogP contribution < -0.4 is 5.32 Å². The standard InChI is InChI=1S/C16H14ClN3S/c1-11-6-7-18-15(8-11)12-2-4-13(5-3-12)19-9-14-10-20-16(17)21-14/h2-8,10,19H,9H2,1H3. The summed E-state index contributed by atoms with van der Waals surface area (Å²) in [7, 11) is 0. The van der Waals surface area contributed by atoms with E-state index in [1.807, 2.05) is 12.3 Å². The average molecular weight is 316 g/mol. The van der Waals surface area contributed by atoms with Gasteiger partial charge in [0, 0.05) is 28.5 Å². The van der Waals surface area contributed by atoms with E-state index in [9.17, 15) is 0 Å². The van der Waals surface area contributed by atoms with E-state index in [1.54, 1.807) is 6.20 Å². The van der Waals surface area contributed by atoms with E-state index < -0.39 is 0 Å². The maximum absolute atomic E-state index is 5.82. The van der Waals surface area contributed by atoms with Crippen molar-refractivity contribution in [3.8, 4) is 11.3 Å². The molecule has 0 bridgehead atoms. The Morgan fingerprint density at radius 1 is 1.14 bits per heavy atom. The third kappa shape index (κ3) is 3.60. The number of thiazole rings is 1. The monoisotopic (exact) mass is 315 g/mol. The van der Waals surface area contributed by atoms with Crippen molar-refractivity contribution in [2.75, 3.05) is 5.32 Å². The number of benzene rings is 1. The van der Waals surface area contributed by atoms with Gasteiger partial charge in [0.1, 0.15) is 0 Å². The third-order valence-corrected chi connectivity index (χ3v) is 4.20. The van der Waals surface area contributed by atoms with Crippen molar-refractivity contribution in [2.24, 2.45) is 0 Å². The molecule has 5 heteroatoms. The first-order chi connectivity index (χ1) is 10.2. The van der Waals surface area contributed by atoms with Crippen molar-refractivity contribution in [3.63, 3.8) is 0 Å². The fourth-order valence-electron chi connectivity index (χ4n) is 2.01. The van der Waals surface area contributed by atoms with Crippen molar-refractivity contribution < 1.29 is 0 Å². The van der Waals surface area contributed by atoms with Gasteiger partial charge in [0.05, 0.1) is 12.2 Å². The molecule has 2 heterocycles. The predicted octanol–water partition coefficient (Wildman–Crippen LogP) is 4.78. The topological polar surface area (TPSA) is 37.8 Å². The molecule has 1 aromatic carbocycles. The lowest BCUT2D eigenvalue weighted by Crippen LogP contribution is -1.97. The number of aromatic nitrogens is 2. The molecule has 0 aliphatic carbocycles. The van der Waals surface area contributed by atoms with Gasteiger partial charge in [-0.05, 0) is 36.8 Å². The van der Waals surface area contributed by atoms with Crippen LogP contribution in [0.4, 0.5) is 5.69 Å². The lowest BCUT2D eigenvalue weighted by molar-refractivity contribution is 1.17. The molecule has 0 radical (unpaired) electrons. The Balaban J connectivity index is 1.69. The van der Waals surface area contributed by atoms with Crippen LogP contribution in [0.3, 0.4) is 0 Å². The van der Waals surface area contributed by atoms with Gasteiger partial charge >= 0.3 is 0 Å².